The number of rotatable bonds is 7. The van der Waals surface area contributed by atoms with Crippen molar-refractivity contribution in [1.29, 1.82) is 0 Å². The minimum Gasteiger partial charge on any atom is -0.455 e. The van der Waals surface area contributed by atoms with Gasteiger partial charge >= 0.3 is 0 Å². The molecule has 0 amide bonds. The molecular weight excluding hydrogens is 799 g/mol. The molecule has 12 aromatic carbocycles. The molecule has 0 radical (unpaired) electrons. The first kappa shape index (κ1) is 37.8. The van der Waals surface area contributed by atoms with Crippen molar-refractivity contribution >= 4 is 82.1 Å². The van der Waals surface area contributed by atoms with E-state index in [4.69, 9.17) is 4.42 Å². The largest absolute Gasteiger partial charge is 0.455 e. The van der Waals surface area contributed by atoms with Crippen LogP contribution in [0.3, 0.4) is 0 Å². The molecule has 1 heterocycles. The minimum atomic E-state index is 0.886. The monoisotopic (exact) mass is 839 g/mol. The second-order valence-corrected chi connectivity index (χ2v) is 17.3. The zero-order chi connectivity index (χ0) is 43.6. The highest BCUT2D eigenvalue weighted by Gasteiger charge is 2.20. The highest BCUT2D eigenvalue weighted by molar-refractivity contribution is 6.16. The number of benzene rings is 12. The van der Waals surface area contributed by atoms with Crippen molar-refractivity contribution in [2.45, 2.75) is 0 Å². The van der Waals surface area contributed by atoms with Crippen LogP contribution >= 0.6 is 0 Å². The molecule has 2 nitrogen and oxygen atoms in total. The summed E-state index contributed by atoms with van der Waals surface area (Å²) >= 11 is 0. The van der Waals surface area contributed by atoms with Gasteiger partial charge in [0.2, 0.25) is 0 Å². The molecule has 1 aromatic heterocycles. The van der Waals surface area contributed by atoms with Gasteiger partial charge in [-0.3, -0.25) is 0 Å². The average Bonchev–Trinajstić information content (AvgIpc) is 3.78. The quantitative estimate of drug-likeness (QED) is 0.149. The fraction of sp³-hybridized carbons (Fsp3) is 0. The van der Waals surface area contributed by atoms with Crippen molar-refractivity contribution in [2.75, 3.05) is 4.90 Å². The molecule has 0 aliphatic heterocycles. The third-order valence-corrected chi connectivity index (χ3v) is 13.4. The van der Waals surface area contributed by atoms with Gasteiger partial charge in [-0.25, -0.2) is 0 Å². The standard InChI is InChI=1S/C64H41NO/c1-2-14-47-40-50(24-23-42(47)11-1)49-16-9-15-48(39-49)43-25-32-52(33-26-43)65(53-34-27-46(28-35-53)55-20-10-21-58-54-17-5-3-12-44(54)29-36-59(55)58)62-22-8-7-18-56(62)51-31-38-63-61(41-51)60-37-30-45-13-4-6-19-57(45)64(60)66-63/h1-41H. The number of para-hydroxylation sites is 1. The smallest absolute Gasteiger partial charge is 0.143 e. The van der Waals surface area contributed by atoms with Crippen molar-refractivity contribution in [1.82, 2.24) is 0 Å². The summed E-state index contributed by atoms with van der Waals surface area (Å²) in [6.07, 6.45) is 0. The molecular formula is C64H41NO. The molecule has 0 spiro atoms. The molecule has 0 saturated heterocycles. The van der Waals surface area contributed by atoms with E-state index in [1.165, 1.54) is 71.1 Å². The number of furan rings is 1. The summed E-state index contributed by atoms with van der Waals surface area (Å²) in [6, 6.07) is 90.3. The number of anilines is 3. The van der Waals surface area contributed by atoms with Gasteiger partial charge in [0.1, 0.15) is 11.2 Å². The Morgan fingerprint density at radius 2 is 0.803 bits per heavy atom. The Balaban J connectivity index is 0.926. The van der Waals surface area contributed by atoms with Crippen LogP contribution in [-0.2, 0) is 0 Å². The van der Waals surface area contributed by atoms with E-state index in [1.807, 2.05) is 0 Å². The summed E-state index contributed by atoms with van der Waals surface area (Å²) in [5.41, 5.74) is 14.5. The van der Waals surface area contributed by atoms with Crippen molar-refractivity contribution in [3.63, 3.8) is 0 Å². The van der Waals surface area contributed by atoms with E-state index in [0.29, 0.717) is 0 Å². The Labute approximate surface area is 382 Å². The molecule has 13 rings (SSSR count). The molecule has 66 heavy (non-hydrogen) atoms. The highest BCUT2D eigenvalue weighted by Crippen LogP contribution is 2.44. The Bertz CT molecular complexity index is 3990. The Morgan fingerprint density at radius 3 is 1.61 bits per heavy atom. The molecule has 0 atom stereocenters. The molecule has 0 unspecified atom stereocenters. The molecule has 2 heteroatoms. The van der Waals surface area contributed by atoms with Crippen molar-refractivity contribution in [2.24, 2.45) is 0 Å². The normalized spacial score (nSPS) is 11.6. The minimum absolute atomic E-state index is 0.886. The van der Waals surface area contributed by atoms with Gasteiger partial charge in [-0.05, 0) is 137 Å². The fourth-order valence-corrected chi connectivity index (χ4v) is 10.1. The third kappa shape index (κ3) is 6.42. The number of hydrogen-bond donors (Lipinski definition) is 0. The lowest BCUT2D eigenvalue weighted by molar-refractivity contribution is 0.672. The number of hydrogen-bond acceptors (Lipinski definition) is 2. The van der Waals surface area contributed by atoms with E-state index in [2.05, 4.69) is 254 Å². The molecule has 0 bridgehead atoms. The third-order valence-electron chi connectivity index (χ3n) is 13.4. The predicted octanol–water partition coefficient (Wildman–Crippen LogP) is 18.3. The van der Waals surface area contributed by atoms with E-state index in [9.17, 15) is 0 Å². The summed E-state index contributed by atoms with van der Waals surface area (Å²) in [6.45, 7) is 0. The molecule has 0 fully saturated rings. The van der Waals surface area contributed by atoms with E-state index >= 15 is 0 Å². The first-order valence-corrected chi connectivity index (χ1v) is 22.6. The summed E-state index contributed by atoms with van der Waals surface area (Å²) in [4.78, 5) is 2.40. The summed E-state index contributed by atoms with van der Waals surface area (Å²) in [5, 5.41) is 12.1. The Hall–Kier alpha value is -8.72. The van der Waals surface area contributed by atoms with Gasteiger partial charge in [0.25, 0.3) is 0 Å². The summed E-state index contributed by atoms with van der Waals surface area (Å²) in [7, 11) is 0. The lowest BCUT2D eigenvalue weighted by Gasteiger charge is -2.28. The van der Waals surface area contributed by atoms with Crippen LogP contribution < -0.4 is 4.90 Å². The Kier molecular flexibility index (Phi) is 8.89. The van der Waals surface area contributed by atoms with Gasteiger partial charge in [0.05, 0.1) is 5.69 Å². The molecule has 0 aliphatic carbocycles. The highest BCUT2D eigenvalue weighted by atomic mass is 16.3. The van der Waals surface area contributed by atoms with Crippen molar-refractivity contribution < 1.29 is 4.42 Å². The topological polar surface area (TPSA) is 16.4 Å². The van der Waals surface area contributed by atoms with Crippen LogP contribution in [0.1, 0.15) is 0 Å². The fourth-order valence-electron chi connectivity index (χ4n) is 10.1. The van der Waals surface area contributed by atoms with Crippen LogP contribution in [0.25, 0.3) is 110 Å². The van der Waals surface area contributed by atoms with E-state index in [1.54, 1.807) is 0 Å². The van der Waals surface area contributed by atoms with Gasteiger partial charge in [-0.1, -0.05) is 188 Å². The second kappa shape index (κ2) is 15.5. The number of fused-ring (bicyclic) bond motifs is 9. The average molecular weight is 840 g/mol. The maximum Gasteiger partial charge on any atom is 0.143 e. The van der Waals surface area contributed by atoms with Crippen molar-refractivity contribution in [3.05, 3.63) is 249 Å². The number of nitrogens with zero attached hydrogens (tertiary/aromatic N) is 1. The Morgan fingerprint density at radius 1 is 0.258 bits per heavy atom. The zero-order valence-corrected chi connectivity index (χ0v) is 36.0. The van der Waals surface area contributed by atoms with Gasteiger partial charge in [0, 0.05) is 33.1 Å². The lowest BCUT2D eigenvalue weighted by Crippen LogP contribution is -2.11. The molecule has 0 saturated carbocycles. The van der Waals surface area contributed by atoms with Crippen LogP contribution in [0.15, 0.2) is 253 Å². The van der Waals surface area contributed by atoms with Crippen molar-refractivity contribution in [3.8, 4) is 44.5 Å². The molecule has 0 N–H and O–H groups in total. The van der Waals surface area contributed by atoms with E-state index in [-0.39, 0.29) is 0 Å². The first-order chi connectivity index (χ1) is 32.7. The van der Waals surface area contributed by atoms with Crippen LogP contribution in [0.5, 0.6) is 0 Å². The van der Waals surface area contributed by atoms with E-state index in [0.717, 1.165) is 55.5 Å². The lowest BCUT2D eigenvalue weighted by atomic mass is 9.94. The van der Waals surface area contributed by atoms with Gasteiger partial charge in [-0.2, -0.15) is 0 Å². The van der Waals surface area contributed by atoms with Gasteiger partial charge < -0.3 is 9.32 Å². The van der Waals surface area contributed by atoms with Gasteiger partial charge in [0.15, 0.2) is 0 Å². The molecule has 308 valence electrons. The first-order valence-electron chi connectivity index (χ1n) is 22.6. The molecule has 0 aliphatic rings. The SMILES string of the molecule is c1cc(-c2ccc(N(c3ccc(-c4cccc5c4ccc4ccccc45)cc3)c3ccccc3-c3ccc4oc5c6ccccc6ccc5c4c3)cc2)cc(-c2ccc3ccccc3c2)c1. The molecule has 13 aromatic rings. The maximum absolute atomic E-state index is 6.56. The van der Waals surface area contributed by atoms with Gasteiger partial charge in [-0.15, -0.1) is 0 Å². The van der Waals surface area contributed by atoms with Crippen LogP contribution in [0.4, 0.5) is 17.1 Å². The maximum atomic E-state index is 6.56. The predicted molar refractivity (Wildman–Crippen MR) is 280 cm³/mol. The zero-order valence-electron chi connectivity index (χ0n) is 36.0. The second-order valence-electron chi connectivity index (χ2n) is 17.3. The summed E-state index contributed by atoms with van der Waals surface area (Å²) in [5.74, 6) is 0. The summed E-state index contributed by atoms with van der Waals surface area (Å²) < 4.78 is 6.56. The van der Waals surface area contributed by atoms with Crippen LogP contribution in [-0.4, -0.2) is 0 Å². The van der Waals surface area contributed by atoms with E-state index < -0.39 is 0 Å². The van der Waals surface area contributed by atoms with Crippen LogP contribution in [0, 0.1) is 0 Å². The van der Waals surface area contributed by atoms with Crippen LogP contribution in [0.2, 0.25) is 0 Å².